The Morgan fingerprint density at radius 3 is 1.15 bits per heavy atom. The highest BCUT2D eigenvalue weighted by molar-refractivity contribution is 7.99. The molecule has 4 amide bonds. The molecule has 4 atom stereocenters. The van der Waals surface area contributed by atoms with Gasteiger partial charge in [0, 0.05) is 43.6 Å². The summed E-state index contributed by atoms with van der Waals surface area (Å²) >= 11 is 1.19. The number of aliphatic carboxylic acids is 2. The van der Waals surface area contributed by atoms with Crippen molar-refractivity contribution in [2.24, 2.45) is 5.73 Å². The van der Waals surface area contributed by atoms with Crippen molar-refractivity contribution in [1.29, 1.82) is 0 Å². The maximum absolute atomic E-state index is 14.1. The lowest BCUT2D eigenvalue weighted by atomic mass is 10.0. The van der Waals surface area contributed by atoms with Gasteiger partial charge in [0.05, 0.1) is 0 Å². The average molecular weight is 1140 g/mol. The minimum atomic E-state index is -1.60. The van der Waals surface area contributed by atoms with Crippen molar-refractivity contribution in [2.45, 2.75) is 328 Å². The van der Waals surface area contributed by atoms with Gasteiger partial charge in [-0.15, -0.1) is 0 Å². The van der Waals surface area contributed by atoms with Crippen molar-refractivity contribution in [3.63, 3.8) is 0 Å². The van der Waals surface area contributed by atoms with Crippen molar-refractivity contribution in [1.82, 2.24) is 16.0 Å². The molecule has 79 heavy (non-hydrogen) atoms. The molecule has 0 aliphatic rings. The molecule has 1 unspecified atom stereocenters. The van der Waals surface area contributed by atoms with Crippen LogP contribution >= 0.6 is 11.8 Å². The second-order valence-corrected chi connectivity index (χ2v) is 23.2. The van der Waals surface area contributed by atoms with Gasteiger partial charge in [-0.05, 0) is 32.1 Å². The number of nitrogens with one attached hydrogen (secondary N) is 3. The molecular weight excluding hydrogens is 1020 g/mol. The first kappa shape index (κ1) is 75.1. The summed E-state index contributed by atoms with van der Waals surface area (Å²) in [6.45, 7) is 6.49. The SMILES string of the molecule is CCCCCCCCCCCCCCCC(=O)OC[C@H](CSCC(NC(=O)CCCCCCCCCCCCC)C(=O)N[C@H](CCC(N)=O)C(=O)N[C@H](CCC(=O)O)C(=O)O)OC(=O)CCCCCCCCCCCCCCC. The molecule has 0 aromatic rings. The number of hydrogen-bond acceptors (Lipinski definition) is 11. The highest BCUT2D eigenvalue weighted by Gasteiger charge is 2.31. The molecule has 0 aliphatic heterocycles. The Balaban J connectivity index is 5.85. The van der Waals surface area contributed by atoms with Crippen LogP contribution in [0.1, 0.15) is 303 Å². The molecule has 7 N–H and O–H groups in total. The number of amides is 4. The fourth-order valence-corrected chi connectivity index (χ4v) is 10.6. The fourth-order valence-electron chi connectivity index (χ4n) is 9.53. The number of thioether (sulfide) groups is 1. The Morgan fingerprint density at radius 1 is 0.405 bits per heavy atom. The molecule has 0 aromatic heterocycles. The van der Waals surface area contributed by atoms with Gasteiger partial charge in [-0.1, -0.05) is 239 Å². The van der Waals surface area contributed by atoms with E-state index < -0.39 is 78.6 Å². The first-order valence-electron chi connectivity index (χ1n) is 31.8. The van der Waals surface area contributed by atoms with Gasteiger partial charge in [-0.2, -0.15) is 11.8 Å². The standard InChI is InChI=1S/C62H114N4O12S/c1-4-7-10-13-16-19-22-24-27-30-33-36-39-42-58(71)77-48-51(78-59(72)43-40-37-34-31-28-25-23-20-17-14-11-8-5-2)49-79-50-54(64-56(68)41-38-35-32-29-26-21-18-15-12-9-6-3)61(74)65-52(44-46-55(63)67)60(73)66-53(62(75)76)45-47-57(69)70/h51-54H,4-50H2,1-3H3,(H2,63,67)(H,64,68)(H,65,74)(H,66,73)(H,69,70)(H,75,76)/t51-,52-,53-,54?/m1/s1. The van der Waals surface area contributed by atoms with Crippen LogP contribution in [-0.4, -0.2) is 100 Å². The van der Waals surface area contributed by atoms with E-state index in [2.05, 4.69) is 36.7 Å². The van der Waals surface area contributed by atoms with Gasteiger partial charge in [0.15, 0.2) is 0 Å². The van der Waals surface area contributed by atoms with Crippen LogP contribution in [-0.2, 0) is 47.8 Å². The summed E-state index contributed by atoms with van der Waals surface area (Å²) < 4.78 is 11.6. The molecule has 0 heterocycles. The predicted molar refractivity (Wildman–Crippen MR) is 319 cm³/mol. The maximum Gasteiger partial charge on any atom is 0.326 e. The van der Waals surface area contributed by atoms with Crippen LogP contribution in [0.3, 0.4) is 0 Å². The molecule has 0 saturated heterocycles. The summed E-state index contributed by atoms with van der Waals surface area (Å²) in [5, 5.41) is 26.5. The molecule has 0 radical (unpaired) electrons. The second-order valence-electron chi connectivity index (χ2n) is 22.1. The van der Waals surface area contributed by atoms with Crippen molar-refractivity contribution in [3.8, 4) is 0 Å². The Kier molecular flexibility index (Phi) is 52.0. The number of unbranched alkanes of at least 4 members (excludes halogenated alkanes) is 34. The molecule has 0 saturated carbocycles. The summed E-state index contributed by atoms with van der Waals surface area (Å²) in [7, 11) is 0. The quantitative estimate of drug-likeness (QED) is 0.0245. The number of hydrogen-bond donors (Lipinski definition) is 6. The van der Waals surface area contributed by atoms with Gasteiger partial charge in [-0.25, -0.2) is 4.79 Å². The van der Waals surface area contributed by atoms with Crippen LogP contribution in [0.2, 0.25) is 0 Å². The van der Waals surface area contributed by atoms with Gasteiger partial charge in [-0.3, -0.25) is 33.6 Å². The number of carbonyl (C=O) groups excluding carboxylic acids is 6. The van der Waals surface area contributed by atoms with Crippen LogP contribution in [0.4, 0.5) is 0 Å². The third-order valence-electron chi connectivity index (χ3n) is 14.5. The highest BCUT2D eigenvalue weighted by Crippen LogP contribution is 2.18. The highest BCUT2D eigenvalue weighted by atomic mass is 32.2. The lowest BCUT2D eigenvalue weighted by Gasteiger charge is -2.25. The lowest BCUT2D eigenvalue weighted by molar-refractivity contribution is -0.157. The topological polar surface area (TPSA) is 258 Å². The normalized spacial score (nSPS) is 12.7. The first-order chi connectivity index (χ1) is 38.2. The zero-order valence-corrected chi connectivity index (χ0v) is 50.8. The van der Waals surface area contributed by atoms with Crippen molar-refractivity contribution in [2.75, 3.05) is 18.1 Å². The van der Waals surface area contributed by atoms with E-state index in [1.807, 2.05) is 0 Å². The number of primary amides is 1. The van der Waals surface area contributed by atoms with Gasteiger partial charge in [0.25, 0.3) is 0 Å². The number of ether oxygens (including phenoxy) is 2. The largest absolute Gasteiger partial charge is 0.481 e. The van der Waals surface area contributed by atoms with E-state index in [9.17, 15) is 43.5 Å². The Morgan fingerprint density at radius 2 is 0.759 bits per heavy atom. The Bertz CT molecular complexity index is 1590. The van der Waals surface area contributed by atoms with Gasteiger partial charge < -0.3 is 41.4 Å². The summed E-state index contributed by atoms with van der Waals surface area (Å²) in [5.41, 5.74) is 5.39. The van der Waals surface area contributed by atoms with Crippen LogP contribution < -0.4 is 21.7 Å². The molecule has 0 bridgehead atoms. The van der Waals surface area contributed by atoms with Gasteiger partial charge in [0.2, 0.25) is 23.6 Å². The first-order valence-corrected chi connectivity index (χ1v) is 32.9. The summed E-state index contributed by atoms with van der Waals surface area (Å²) in [5.74, 6) is -6.41. The van der Waals surface area contributed by atoms with E-state index in [0.29, 0.717) is 19.3 Å². The smallest absolute Gasteiger partial charge is 0.326 e. The van der Waals surface area contributed by atoms with E-state index in [4.69, 9.17) is 20.3 Å². The minimum Gasteiger partial charge on any atom is -0.481 e. The number of carbonyl (C=O) groups is 8. The predicted octanol–water partition coefficient (Wildman–Crippen LogP) is 13.5. The summed E-state index contributed by atoms with van der Waals surface area (Å²) in [4.78, 5) is 102. The molecule has 0 aliphatic carbocycles. The monoisotopic (exact) mass is 1140 g/mol. The number of nitrogens with two attached hydrogens (primary N) is 1. The fraction of sp³-hybridized carbons (Fsp3) is 0.871. The summed E-state index contributed by atoms with van der Waals surface area (Å²) in [6, 6.07) is -4.28. The van der Waals surface area contributed by atoms with Crippen LogP contribution in [0.15, 0.2) is 0 Å². The van der Waals surface area contributed by atoms with E-state index in [1.165, 1.54) is 166 Å². The van der Waals surface area contributed by atoms with Crippen molar-refractivity contribution in [3.05, 3.63) is 0 Å². The Hall–Kier alpha value is -3.89. The zero-order chi connectivity index (χ0) is 58.4. The third-order valence-corrected chi connectivity index (χ3v) is 15.7. The van der Waals surface area contributed by atoms with Crippen LogP contribution in [0.5, 0.6) is 0 Å². The summed E-state index contributed by atoms with van der Waals surface area (Å²) in [6.07, 6.45) is 40.8. The number of carboxylic acids is 2. The molecule has 0 spiro atoms. The zero-order valence-electron chi connectivity index (χ0n) is 50.0. The lowest BCUT2D eigenvalue weighted by Crippen LogP contribution is -2.56. The minimum absolute atomic E-state index is 0.0455. The molecule has 460 valence electrons. The van der Waals surface area contributed by atoms with Crippen LogP contribution in [0.25, 0.3) is 0 Å². The Labute approximate surface area is 482 Å². The van der Waals surface area contributed by atoms with E-state index in [0.717, 1.165) is 64.2 Å². The second kappa shape index (κ2) is 54.7. The number of rotatable bonds is 59. The number of esters is 2. The average Bonchev–Trinajstić information content (AvgIpc) is 3.41. The molecule has 0 rings (SSSR count). The van der Waals surface area contributed by atoms with Crippen molar-refractivity contribution < 1.29 is 58.0 Å². The van der Waals surface area contributed by atoms with E-state index in [1.54, 1.807) is 0 Å². The van der Waals surface area contributed by atoms with Crippen molar-refractivity contribution >= 4 is 59.3 Å². The molecule has 16 nitrogen and oxygen atoms in total. The van der Waals surface area contributed by atoms with Crippen LogP contribution in [0, 0.1) is 0 Å². The van der Waals surface area contributed by atoms with Gasteiger partial charge >= 0.3 is 23.9 Å². The molecule has 0 aromatic carbocycles. The number of carboxylic acid groups (broad SMARTS) is 2. The maximum atomic E-state index is 14.1. The van der Waals surface area contributed by atoms with E-state index >= 15 is 0 Å². The van der Waals surface area contributed by atoms with E-state index in [-0.39, 0.29) is 56.2 Å². The molecule has 0 fully saturated rings. The molecular formula is C62H114N4O12S. The third kappa shape index (κ3) is 49.6. The van der Waals surface area contributed by atoms with Gasteiger partial charge in [0.1, 0.15) is 30.8 Å². The molecule has 17 heteroatoms.